The van der Waals surface area contributed by atoms with Gasteiger partial charge < -0.3 is 14.8 Å². The first-order chi connectivity index (χ1) is 8.86. The topological polar surface area (TPSA) is 30.5 Å². The molecule has 2 heterocycles. The Morgan fingerprint density at radius 1 is 1.33 bits per heavy atom. The number of hydrogen-bond donors (Lipinski definition) is 1. The van der Waals surface area contributed by atoms with Crippen molar-refractivity contribution in [1.82, 2.24) is 5.32 Å². The van der Waals surface area contributed by atoms with Gasteiger partial charge in [-0.3, -0.25) is 0 Å². The van der Waals surface area contributed by atoms with E-state index < -0.39 is 0 Å². The average Bonchev–Trinajstić information content (AvgIpc) is 3.00. The van der Waals surface area contributed by atoms with Gasteiger partial charge in [-0.25, -0.2) is 0 Å². The molecule has 3 atom stereocenters. The highest BCUT2D eigenvalue weighted by Crippen LogP contribution is 2.34. The number of para-hydroxylation sites is 1. The molecule has 0 radical (unpaired) electrons. The average molecular weight is 247 g/mol. The van der Waals surface area contributed by atoms with Crippen LogP contribution in [0.1, 0.15) is 31.7 Å². The van der Waals surface area contributed by atoms with Gasteiger partial charge >= 0.3 is 0 Å². The van der Waals surface area contributed by atoms with Gasteiger partial charge in [0.15, 0.2) is 0 Å². The maximum Gasteiger partial charge on any atom is 0.123 e. The van der Waals surface area contributed by atoms with E-state index in [9.17, 15) is 0 Å². The molecule has 3 rings (SSSR count). The van der Waals surface area contributed by atoms with Crippen molar-refractivity contribution in [1.29, 1.82) is 0 Å². The molecule has 2 aliphatic heterocycles. The van der Waals surface area contributed by atoms with E-state index in [1.165, 1.54) is 24.8 Å². The minimum atomic E-state index is 0.439. The molecule has 3 nitrogen and oxygen atoms in total. The third-order valence-corrected chi connectivity index (χ3v) is 3.93. The van der Waals surface area contributed by atoms with Gasteiger partial charge in [-0.15, -0.1) is 0 Å². The molecule has 2 bridgehead atoms. The molecule has 0 aromatic heterocycles. The summed E-state index contributed by atoms with van der Waals surface area (Å²) in [5.41, 5.74) is 1.24. The maximum absolute atomic E-state index is 5.86. The number of ether oxygens (including phenoxy) is 2. The molecule has 3 unspecified atom stereocenters. The van der Waals surface area contributed by atoms with Crippen LogP contribution >= 0.6 is 0 Å². The van der Waals surface area contributed by atoms with Gasteiger partial charge in [-0.1, -0.05) is 18.2 Å². The summed E-state index contributed by atoms with van der Waals surface area (Å²) < 4.78 is 11.5. The van der Waals surface area contributed by atoms with Gasteiger partial charge in [-0.05, 0) is 32.3 Å². The van der Waals surface area contributed by atoms with Crippen molar-refractivity contribution in [3.8, 4) is 5.75 Å². The van der Waals surface area contributed by atoms with Crippen molar-refractivity contribution in [2.24, 2.45) is 0 Å². The van der Waals surface area contributed by atoms with Crippen molar-refractivity contribution in [3.05, 3.63) is 29.8 Å². The fourth-order valence-corrected chi connectivity index (χ4v) is 3.04. The van der Waals surface area contributed by atoms with Crippen LogP contribution in [0.15, 0.2) is 24.3 Å². The lowest BCUT2D eigenvalue weighted by atomic mass is 9.95. The lowest BCUT2D eigenvalue weighted by Crippen LogP contribution is -2.37. The predicted octanol–water partition coefficient (Wildman–Crippen LogP) is 2.49. The fourth-order valence-electron chi connectivity index (χ4n) is 3.04. The summed E-state index contributed by atoms with van der Waals surface area (Å²) in [5.74, 6) is 0.997. The summed E-state index contributed by atoms with van der Waals surface area (Å²) in [4.78, 5) is 0. The Hall–Kier alpha value is -1.06. The van der Waals surface area contributed by atoms with E-state index in [2.05, 4.69) is 17.4 Å². The molecule has 98 valence electrons. The van der Waals surface area contributed by atoms with E-state index >= 15 is 0 Å². The molecule has 2 saturated heterocycles. The second-order valence-corrected chi connectivity index (χ2v) is 5.14. The third-order valence-electron chi connectivity index (χ3n) is 3.93. The van der Waals surface area contributed by atoms with Crippen molar-refractivity contribution in [2.75, 3.05) is 6.61 Å². The van der Waals surface area contributed by atoms with Gasteiger partial charge in [0.05, 0.1) is 18.8 Å². The van der Waals surface area contributed by atoms with Crippen LogP contribution in [0.3, 0.4) is 0 Å². The molecule has 18 heavy (non-hydrogen) atoms. The van der Waals surface area contributed by atoms with Gasteiger partial charge in [0.2, 0.25) is 0 Å². The fraction of sp³-hybridized carbons (Fsp3) is 0.600. The highest BCUT2D eigenvalue weighted by Gasteiger charge is 2.40. The molecule has 2 fully saturated rings. The lowest BCUT2D eigenvalue weighted by molar-refractivity contribution is 0.0972. The number of nitrogens with one attached hydrogen (secondary N) is 1. The van der Waals surface area contributed by atoms with Crippen LogP contribution in [0.25, 0.3) is 0 Å². The van der Waals surface area contributed by atoms with E-state index in [1.807, 2.05) is 19.1 Å². The SMILES string of the molecule is CCOc1ccccc1CNC1CC2CCC1O2. The molecule has 0 amide bonds. The van der Waals surface area contributed by atoms with Crippen LogP contribution in [-0.2, 0) is 11.3 Å². The van der Waals surface area contributed by atoms with Crippen LogP contribution in [0.4, 0.5) is 0 Å². The van der Waals surface area contributed by atoms with Crippen LogP contribution in [-0.4, -0.2) is 24.9 Å². The molecule has 0 spiro atoms. The third kappa shape index (κ3) is 2.38. The first-order valence-electron chi connectivity index (χ1n) is 6.96. The van der Waals surface area contributed by atoms with Crippen LogP contribution in [0, 0.1) is 0 Å². The Bertz CT molecular complexity index is 407. The maximum atomic E-state index is 5.86. The zero-order chi connectivity index (χ0) is 12.4. The smallest absolute Gasteiger partial charge is 0.123 e. The lowest BCUT2D eigenvalue weighted by Gasteiger charge is -2.20. The molecular formula is C15H21NO2. The number of benzene rings is 1. The summed E-state index contributed by atoms with van der Waals surface area (Å²) in [6.45, 7) is 3.61. The summed E-state index contributed by atoms with van der Waals surface area (Å²) >= 11 is 0. The van der Waals surface area contributed by atoms with Gasteiger partial charge in [-0.2, -0.15) is 0 Å². The second kappa shape index (κ2) is 5.29. The normalized spacial score (nSPS) is 29.7. The standard InChI is InChI=1S/C15H21NO2/c1-2-17-14-6-4-3-5-11(14)10-16-13-9-12-7-8-15(13)18-12/h3-6,12-13,15-16H,2,7-10H2,1H3. The number of hydrogen-bond acceptors (Lipinski definition) is 3. The number of rotatable bonds is 5. The van der Waals surface area contributed by atoms with Gasteiger partial charge in [0.25, 0.3) is 0 Å². The molecule has 3 heteroatoms. The van der Waals surface area contributed by atoms with Crippen molar-refractivity contribution in [2.45, 2.75) is 51.0 Å². The van der Waals surface area contributed by atoms with Crippen molar-refractivity contribution in [3.63, 3.8) is 0 Å². The summed E-state index contributed by atoms with van der Waals surface area (Å²) in [5, 5.41) is 3.62. The second-order valence-electron chi connectivity index (χ2n) is 5.14. The van der Waals surface area contributed by atoms with Crippen molar-refractivity contribution >= 4 is 0 Å². The molecule has 0 aliphatic carbocycles. The molecule has 1 N–H and O–H groups in total. The van der Waals surface area contributed by atoms with Crippen LogP contribution in [0.5, 0.6) is 5.75 Å². The van der Waals surface area contributed by atoms with Gasteiger partial charge in [0.1, 0.15) is 5.75 Å². The predicted molar refractivity (Wildman–Crippen MR) is 70.8 cm³/mol. The minimum Gasteiger partial charge on any atom is -0.494 e. The number of fused-ring (bicyclic) bond motifs is 2. The molecule has 1 aromatic carbocycles. The largest absolute Gasteiger partial charge is 0.494 e. The Balaban J connectivity index is 1.59. The van der Waals surface area contributed by atoms with Crippen LogP contribution < -0.4 is 10.1 Å². The monoisotopic (exact) mass is 247 g/mol. The first kappa shape index (κ1) is 12.0. The van der Waals surface area contributed by atoms with E-state index in [0.717, 1.165) is 12.3 Å². The Morgan fingerprint density at radius 3 is 2.94 bits per heavy atom. The minimum absolute atomic E-state index is 0.439. The quantitative estimate of drug-likeness (QED) is 0.867. The molecule has 2 aliphatic rings. The van der Waals surface area contributed by atoms with E-state index in [1.54, 1.807) is 0 Å². The molecule has 0 saturated carbocycles. The Kier molecular flexibility index (Phi) is 3.52. The van der Waals surface area contributed by atoms with Crippen molar-refractivity contribution < 1.29 is 9.47 Å². The zero-order valence-corrected chi connectivity index (χ0v) is 10.9. The summed E-state index contributed by atoms with van der Waals surface area (Å²) in [6, 6.07) is 8.79. The summed E-state index contributed by atoms with van der Waals surface area (Å²) in [7, 11) is 0. The summed E-state index contributed by atoms with van der Waals surface area (Å²) in [6.07, 6.45) is 4.58. The molecule has 1 aromatic rings. The van der Waals surface area contributed by atoms with E-state index in [4.69, 9.17) is 9.47 Å². The zero-order valence-electron chi connectivity index (χ0n) is 10.9. The van der Waals surface area contributed by atoms with Crippen LogP contribution in [0.2, 0.25) is 0 Å². The Morgan fingerprint density at radius 2 is 2.22 bits per heavy atom. The first-order valence-corrected chi connectivity index (χ1v) is 6.96. The molecular weight excluding hydrogens is 226 g/mol. The highest BCUT2D eigenvalue weighted by atomic mass is 16.5. The highest BCUT2D eigenvalue weighted by molar-refractivity contribution is 5.33. The Labute approximate surface area is 108 Å². The van der Waals surface area contributed by atoms with E-state index in [-0.39, 0.29) is 0 Å². The van der Waals surface area contributed by atoms with E-state index in [0.29, 0.717) is 24.9 Å². The van der Waals surface area contributed by atoms with Gasteiger partial charge in [0, 0.05) is 18.2 Å².